The Kier molecular flexibility index (Phi) is 7.31. The Morgan fingerprint density at radius 2 is 1.57 bits per heavy atom. The van der Waals surface area contributed by atoms with Crippen molar-refractivity contribution in [2.24, 2.45) is 11.3 Å². The summed E-state index contributed by atoms with van der Waals surface area (Å²) < 4.78 is 0. The number of hydrogen-bond donors (Lipinski definition) is 0. The molecule has 0 heteroatoms. The molecule has 0 aliphatic carbocycles. The molecule has 0 aliphatic heterocycles. The molecule has 0 saturated carbocycles. The molecule has 1 unspecified atom stereocenters. The van der Waals surface area contributed by atoms with E-state index < -0.39 is 0 Å². The van der Waals surface area contributed by atoms with Gasteiger partial charge in [-0.05, 0) is 17.8 Å². The molecule has 0 amide bonds. The van der Waals surface area contributed by atoms with E-state index in [-0.39, 0.29) is 0 Å². The van der Waals surface area contributed by atoms with Crippen LogP contribution in [0.2, 0.25) is 0 Å². The van der Waals surface area contributed by atoms with Crippen LogP contribution in [0.25, 0.3) is 0 Å². The molecule has 1 atom stereocenters. The monoisotopic (exact) mass is 198 g/mol. The first-order chi connectivity index (χ1) is 6.58. The fourth-order valence-electron chi connectivity index (χ4n) is 1.90. The van der Waals surface area contributed by atoms with E-state index in [1.165, 1.54) is 44.9 Å². The minimum Gasteiger partial charge on any atom is -0.0654 e. The molecular weight excluding hydrogens is 168 g/mol. The Hall–Kier alpha value is 0. The molecule has 0 radical (unpaired) electrons. The quantitative estimate of drug-likeness (QED) is 0.488. The number of hydrogen-bond acceptors (Lipinski definition) is 0. The molecule has 0 spiro atoms. The van der Waals surface area contributed by atoms with Crippen LogP contribution in [0, 0.1) is 11.3 Å². The van der Waals surface area contributed by atoms with Crippen molar-refractivity contribution in [1.29, 1.82) is 0 Å². The van der Waals surface area contributed by atoms with Crippen molar-refractivity contribution < 1.29 is 0 Å². The third kappa shape index (κ3) is 5.67. The summed E-state index contributed by atoms with van der Waals surface area (Å²) in [4.78, 5) is 0. The molecule has 0 aromatic carbocycles. The summed E-state index contributed by atoms with van der Waals surface area (Å²) in [5.41, 5.74) is 0.612. The van der Waals surface area contributed by atoms with E-state index in [1.54, 1.807) is 0 Å². The van der Waals surface area contributed by atoms with Gasteiger partial charge in [0.25, 0.3) is 0 Å². The molecule has 0 N–H and O–H groups in total. The van der Waals surface area contributed by atoms with Crippen LogP contribution in [0.4, 0.5) is 0 Å². The van der Waals surface area contributed by atoms with E-state index in [9.17, 15) is 0 Å². The minimum absolute atomic E-state index is 0.612. The summed E-state index contributed by atoms with van der Waals surface area (Å²) >= 11 is 0. The maximum absolute atomic E-state index is 2.44. The van der Waals surface area contributed by atoms with E-state index in [4.69, 9.17) is 0 Å². The van der Waals surface area contributed by atoms with Crippen molar-refractivity contribution in [2.45, 2.75) is 79.6 Å². The number of rotatable bonds is 8. The van der Waals surface area contributed by atoms with Crippen molar-refractivity contribution >= 4 is 0 Å². The number of unbranched alkanes of at least 4 members (excludes halogenated alkanes) is 1. The summed E-state index contributed by atoms with van der Waals surface area (Å²) in [6, 6.07) is 0. The zero-order valence-corrected chi connectivity index (χ0v) is 11.0. The zero-order valence-electron chi connectivity index (χ0n) is 11.0. The van der Waals surface area contributed by atoms with Gasteiger partial charge in [-0.1, -0.05) is 73.1 Å². The van der Waals surface area contributed by atoms with Crippen molar-refractivity contribution in [3.63, 3.8) is 0 Å². The first-order valence-electron chi connectivity index (χ1n) is 6.58. The fraction of sp³-hybridized carbons (Fsp3) is 1.00. The average molecular weight is 198 g/mol. The second kappa shape index (κ2) is 7.31. The molecule has 14 heavy (non-hydrogen) atoms. The van der Waals surface area contributed by atoms with Gasteiger partial charge in [0.2, 0.25) is 0 Å². The molecule has 0 heterocycles. The standard InChI is InChI=1S/C14H30/c1-6-9-10-13(4)11-12-14(5,7-2)8-3/h13H,6-12H2,1-5H3. The Morgan fingerprint density at radius 1 is 1.00 bits per heavy atom. The molecule has 0 aromatic heterocycles. The minimum atomic E-state index is 0.612. The third-order valence-corrected chi connectivity index (χ3v) is 4.00. The van der Waals surface area contributed by atoms with Crippen LogP contribution >= 0.6 is 0 Å². The lowest BCUT2D eigenvalue weighted by molar-refractivity contribution is 0.244. The third-order valence-electron chi connectivity index (χ3n) is 4.00. The van der Waals surface area contributed by atoms with E-state index >= 15 is 0 Å². The van der Waals surface area contributed by atoms with Gasteiger partial charge in [0.15, 0.2) is 0 Å². The Bertz CT molecular complexity index is 122. The molecule has 0 aromatic rings. The highest BCUT2D eigenvalue weighted by atomic mass is 14.2. The molecular formula is C14H30. The zero-order chi connectivity index (χ0) is 11.0. The first-order valence-corrected chi connectivity index (χ1v) is 6.58. The SMILES string of the molecule is CCCCC(C)CCC(C)(CC)CC. The molecule has 0 bridgehead atoms. The molecule has 0 saturated heterocycles. The fourth-order valence-corrected chi connectivity index (χ4v) is 1.90. The molecule has 86 valence electrons. The van der Waals surface area contributed by atoms with E-state index in [0.29, 0.717) is 5.41 Å². The lowest BCUT2D eigenvalue weighted by Gasteiger charge is -2.28. The maximum atomic E-state index is 2.44. The summed E-state index contributed by atoms with van der Waals surface area (Å²) in [6.45, 7) is 11.8. The van der Waals surface area contributed by atoms with Crippen LogP contribution in [-0.2, 0) is 0 Å². The highest BCUT2D eigenvalue weighted by molar-refractivity contribution is 4.71. The van der Waals surface area contributed by atoms with Crippen molar-refractivity contribution in [2.75, 3.05) is 0 Å². The van der Waals surface area contributed by atoms with Gasteiger partial charge in [0, 0.05) is 0 Å². The smallest absolute Gasteiger partial charge is 0.0331 e. The van der Waals surface area contributed by atoms with Crippen LogP contribution in [0.1, 0.15) is 79.6 Å². The highest BCUT2D eigenvalue weighted by Gasteiger charge is 2.19. The Labute approximate surface area is 91.5 Å². The van der Waals surface area contributed by atoms with Crippen LogP contribution < -0.4 is 0 Å². The summed E-state index contributed by atoms with van der Waals surface area (Å²) in [5, 5.41) is 0. The van der Waals surface area contributed by atoms with Crippen LogP contribution in [-0.4, -0.2) is 0 Å². The lowest BCUT2D eigenvalue weighted by atomic mass is 9.78. The summed E-state index contributed by atoms with van der Waals surface area (Å²) in [6.07, 6.45) is 9.72. The van der Waals surface area contributed by atoms with Crippen molar-refractivity contribution in [3.05, 3.63) is 0 Å². The van der Waals surface area contributed by atoms with Gasteiger partial charge in [-0.2, -0.15) is 0 Å². The Balaban J connectivity index is 3.68. The molecule has 0 aliphatic rings. The molecule has 0 fully saturated rings. The van der Waals surface area contributed by atoms with E-state index in [0.717, 1.165) is 5.92 Å². The predicted octanol–water partition coefficient (Wildman–Crippen LogP) is 5.42. The first kappa shape index (κ1) is 14.0. The molecule has 0 nitrogen and oxygen atoms in total. The van der Waals surface area contributed by atoms with Gasteiger partial charge >= 0.3 is 0 Å². The average Bonchev–Trinajstić information content (AvgIpc) is 2.23. The highest BCUT2D eigenvalue weighted by Crippen LogP contribution is 2.33. The van der Waals surface area contributed by atoms with Crippen LogP contribution in [0.15, 0.2) is 0 Å². The summed E-state index contributed by atoms with van der Waals surface area (Å²) in [5.74, 6) is 0.937. The Morgan fingerprint density at radius 3 is 2.00 bits per heavy atom. The van der Waals surface area contributed by atoms with Gasteiger partial charge in [-0.3, -0.25) is 0 Å². The van der Waals surface area contributed by atoms with Gasteiger partial charge < -0.3 is 0 Å². The van der Waals surface area contributed by atoms with E-state index in [1.807, 2.05) is 0 Å². The van der Waals surface area contributed by atoms with Gasteiger partial charge in [0.05, 0.1) is 0 Å². The van der Waals surface area contributed by atoms with Gasteiger partial charge in [0.1, 0.15) is 0 Å². The second-order valence-electron chi connectivity index (χ2n) is 5.30. The van der Waals surface area contributed by atoms with Crippen LogP contribution in [0.5, 0.6) is 0 Å². The molecule has 0 rings (SSSR count). The second-order valence-corrected chi connectivity index (χ2v) is 5.30. The predicted molar refractivity (Wildman–Crippen MR) is 66.6 cm³/mol. The van der Waals surface area contributed by atoms with Crippen LogP contribution in [0.3, 0.4) is 0 Å². The van der Waals surface area contributed by atoms with Crippen molar-refractivity contribution in [1.82, 2.24) is 0 Å². The largest absolute Gasteiger partial charge is 0.0654 e. The van der Waals surface area contributed by atoms with Gasteiger partial charge in [-0.15, -0.1) is 0 Å². The topological polar surface area (TPSA) is 0 Å². The van der Waals surface area contributed by atoms with Gasteiger partial charge in [-0.25, -0.2) is 0 Å². The maximum Gasteiger partial charge on any atom is -0.0331 e. The van der Waals surface area contributed by atoms with E-state index in [2.05, 4.69) is 34.6 Å². The van der Waals surface area contributed by atoms with Crippen molar-refractivity contribution in [3.8, 4) is 0 Å². The lowest BCUT2D eigenvalue weighted by Crippen LogP contribution is -2.15. The summed E-state index contributed by atoms with van der Waals surface area (Å²) in [7, 11) is 0. The normalized spacial score (nSPS) is 14.4.